The zero-order chi connectivity index (χ0) is 89.6. The molecule has 40 heteroatoms. The van der Waals surface area contributed by atoms with E-state index in [0.717, 1.165) is 69.7 Å². The van der Waals surface area contributed by atoms with Crippen molar-refractivity contribution in [2.24, 2.45) is 5.73 Å². The van der Waals surface area contributed by atoms with Crippen LogP contribution in [0.15, 0.2) is 79.1 Å². The summed E-state index contributed by atoms with van der Waals surface area (Å²) in [5, 5.41) is 42.9. The number of carbonyl (C=O) groups is 13. The van der Waals surface area contributed by atoms with Crippen molar-refractivity contribution in [2.45, 2.75) is 165 Å². The van der Waals surface area contributed by atoms with Crippen LogP contribution in [-0.2, 0) is 87.5 Å². The van der Waals surface area contributed by atoms with E-state index in [1.807, 2.05) is 24.0 Å². The van der Waals surface area contributed by atoms with Gasteiger partial charge < -0.3 is 113 Å². The van der Waals surface area contributed by atoms with Crippen LogP contribution in [0.25, 0.3) is 6.08 Å². The first-order chi connectivity index (χ1) is 59.7. The number of pyridine rings is 1. The summed E-state index contributed by atoms with van der Waals surface area (Å²) in [6.07, 6.45) is 11.3. The average Bonchev–Trinajstić information content (AvgIpc) is 0.804. The number of hydrogen-bond donors (Lipinski definition) is 16. The van der Waals surface area contributed by atoms with E-state index >= 15 is 0 Å². The molecule has 3 aliphatic rings. The molecule has 5 atom stereocenters. The van der Waals surface area contributed by atoms with E-state index < -0.39 is 84.6 Å². The molecule has 2 saturated heterocycles. The number of carboxylic acid groups (broad SMARTS) is 1. The van der Waals surface area contributed by atoms with Crippen LogP contribution in [0.1, 0.15) is 145 Å². The summed E-state index contributed by atoms with van der Waals surface area (Å²) in [5.74, 6) is -6.31. The Kier molecular flexibility index (Phi) is 49.0. The van der Waals surface area contributed by atoms with E-state index in [1.54, 1.807) is 67.0 Å². The Hall–Kier alpha value is -9.93. The number of benzene rings is 2. The number of unbranched alkanes of at least 4 members (excludes halogenated alkanes) is 2. The Bertz CT molecular complexity index is 3900. The fourth-order valence-electron chi connectivity index (χ4n) is 14.1. The molecule has 0 spiro atoms. The average molecular weight is 1760 g/mol. The van der Waals surface area contributed by atoms with Gasteiger partial charge in [-0.3, -0.25) is 76.9 Å². The molecule has 688 valence electrons. The van der Waals surface area contributed by atoms with Gasteiger partial charge >= 0.3 is 19.6 Å². The van der Waals surface area contributed by atoms with Crippen molar-refractivity contribution in [3.63, 3.8) is 0 Å². The lowest BCUT2D eigenvalue weighted by atomic mass is 9.80. The number of aromatic nitrogens is 1. The van der Waals surface area contributed by atoms with Gasteiger partial charge in [-0.2, -0.15) is 0 Å². The molecule has 1 aromatic heterocycles. The van der Waals surface area contributed by atoms with Crippen LogP contribution in [0.2, 0.25) is 0 Å². The predicted octanol–water partition coefficient (Wildman–Crippen LogP) is 1.12. The van der Waals surface area contributed by atoms with Gasteiger partial charge in [-0.1, -0.05) is 55.7 Å². The smallest absolute Gasteiger partial charge is 0.339 e. The van der Waals surface area contributed by atoms with E-state index in [2.05, 4.69) is 83.5 Å². The van der Waals surface area contributed by atoms with E-state index in [9.17, 15) is 81.8 Å². The van der Waals surface area contributed by atoms with Crippen molar-refractivity contribution in [2.75, 3.05) is 181 Å². The van der Waals surface area contributed by atoms with Gasteiger partial charge in [0.05, 0.1) is 65.8 Å². The molecule has 124 heavy (non-hydrogen) atoms. The Balaban J connectivity index is 0.780. The van der Waals surface area contributed by atoms with Crippen molar-refractivity contribution in [3.8, 4) is 0 Å². The summed E-state index contributed by atoms with van der Waals surface area (Å²) in [6, 6.07) is 13.5. The molecule has 2 unspecified atom stereocenters. The molecule has 3 fully saturated rings. The minimum atomic E-state index is -4.16. The minimum absolute atomic E-state index is 0.0105. The minimum Gasteiger partial charge on any atom is -0.481 e. The molecule has 17 N–H and O–H groups in total. The number of hydrogen-bond acceptors (Lipinski definition) is 23. The van der Waals surface area contributed by atoms with Crippen LogP contribution in [0, 0.1) is 6.92 Å². The van der Waals surface area contributed by atoms with E-state index in [1.165, 1.54) is 6.08 Å². The maximum atomic E-state index is 14.4. The fourth-order valence-corrected chi connectivity index (χ4v) is 14.9. The number of fused-ring (bicyclic) bond motifs is 3. The van der Waals surface area contributed by atoms with E-state index in [0.29, 0.717) is 88.2 Å². The highest BCUT2D eigenvalue weighted by Gasteiger charge is 2.42. The maximum absolute atomic E-state index is 14.4. The second-order valence-electron chi connectivity index (χ2n) is 31.0. The number of carboxylic acids is 1. The summed E-state index contributed by atoms with van der Waals surface area (Å²) in [5.41, 5.74) is 7.49. The molecule has 13 amide bonds. The maximum Gasteiger partial charge on any atom is 0.339 e. The van der Waals surface area contributed by atoms with Crippen molar-refractivity contribution < 1.29 is 101 Å². The van der Waals surface area contributed by atoms with Crippen molar-refractivity contribution >= 4 is 102 Å². The number of carbonyl (C=O) groups excluding carboxylic acids is 12. The molecule has 39 nitrogen and oxygen atoms in total. The number of nitrogens with one attached hydrogen (secondary N) is 12. The highest BCUT2D eigenvalue weighted by Crippen LogP contribution is 2.35. The summed E-state index contributed by atoms with van der Waals surface area (Å²) in [7, 11) is -4.16. The quantitative estimate of drug-likeness (QED) is 0.0214. The number of ether oxygens (including phenoxy) is 4. The lowest BCUT2D eigenvalue weighted by Gasteiger charge is -2.38. The number of anilines is 2. The standard InChI is InChI=1S/C84H131N18O21P/c1-63-15-3-4-17-67(63)97-83(116)93-66-25-22-64(23-26-66)59-76(108)95-69(19-6-10-35-87-71(103)27-24-65-16-12-34-86-60-65)80(113)96-70(20-11-21-78(110)111)81(114)98-84(32-7-2-8-33-84)82(115)92-40-54-123-58-57-122-52-38-90-73(105)29-28-72(104)89-37-51-120-55-56-121-53-39-91-74(106)30-31-75(107)94-68(79(85)112)18-5-9-36-88-77(109)61-101-43-13-41-100-46-45-99(47-49-101)42-14-44-102(50-48-100)62-124(117,118)119/h3-4,12,15-17,22-27,34,60,68-70H,2,5-11,13-14,18-21,28-33,35-59,61-62H2,1H3,(H2,85,112)(H,87,103)(H,88,109)(H,89,104)(H,90,105)(H,91,106)(H,92,115)(H,94,107)(H,95,108)(H,96,113)(H,98,114)(H,110,111)(H2,93,97,116)(H2,117,118,119)/b27-24+/t68-,69-,70-/m0/s1. The number of urea groups is 1. The molecule has 1 saturated carbocycles. The zero-order valence-corrected chi connectivity index (χ0v) is 72.4. The molecule has 0 radical (unpaired) electrons. The summed E-state index contributed by atoms with van der Waals surface area (Å²) in [6.45, 7) is 12.1. The summed E-state index contributed by atoms with van der Waals surface area (Å²) >= 11 is 0. The lowest BCUT2D eigenvalue weighted by molar-refractivity contribution is -0.138. The molecular formula is C84H131N18O21P. The van der Waals surface area contributed by atoms with Gasteiger partial charge in [-0.25, -0.2) is 4.79 Å². The predicted molar refractivity (Wildman–Crippen MR) is 462 cm³/mol. The van der Waals surface area contributed by atoms with Crippen LogP contribution < -0.4 is 69.5 Å². The molecular weight excluding hydrogens is 1630 g/mol. The lowest BCUT2D eigenvalue weighted by Crippen LogP contribution is -2.63. The topological polar surface area (TPSA) is 533 Å². The molecule has 1 aliphatic carbocycles. The number of nitrogens with zero attached hydrogens (tertiary/aromatic N) is 5. The Morgan fingerprint density at radius 2 is 1.03 bits per heavy atom. The van der Waals surface area contributed by atoms with Crippen molar-refractivity contribution in [1.82, 2.24) is 77.8 Å². The molecule has 3 heterocycles. The number of nitrogens with two attached hydrogens (primary N) is 1. The van der Waals surface area contributed by atoms with Gasteiger partial charge in [0.1, 0.15) is 30.0 Å². The third-order valence-corrected chi connectivity index (χ3v) is 21.6. The van der Waals surface area contributed by atoms with Gasteiger partial charge in [-0.15, -0.1) is 0 Å². The molecule has 2 aliphatic heterocycles. The summed E-state index contributed by atoms with van der Waals surface area (Å²) < 4.78 is 34.0. The van der Waals surface area contributed by atoms with Crippen LogP contribution in [0.5, 0.6) is 0 Å². The highest BCUT2D eigenvalue weighted by molar-refractivity contribution is 7.51. The number of rotatable bonds is 56. The third-order valence-electron chi connectivity index (χ3n) is 20.9. The second-order valence-corrected chi connectivity index (χ2v) is 32.6. The Morgan fingerprint density at radius 3 is 1.60 bits per heavy atom. The highest BCUT2D eigenvalue weighted by atomic mass is 31.2. The second kappa shape index (κ2) is 59.1. The molecule has 6 rings (SSSR count). The molecule has 2 aromatic carbocycles. The molecule has 2 bridgehead atoms. The Labute approximate surface area is 725 Å². The number of aryl methyl sites for hydroxylation is 1. The third kappa shape index (κ3) is 45.1. The van der Waals surface area contributed by atoms with Gasteiger partial charge in [0.2, 0.25) is 65.0 Å². The van der Waals surface area contributed by atoms with Crippen LogP contribution in [0.3, 0.4) is 0 Å². The first kappa shape index (κ1) is 103. The van der Waals surface area contributed by atoms with Crippen molar-refractivity contribution in [3.05, 3.63) is 95.8 Å². The number of amides is 13. The molecule has 3 aromatic rings. The van der Waals surface area contributed by atoms with Gasteiger partial charge in [0.15, 0.2) is 0 Å². The normalized spacial score (nSPS) is 16.5. The van der Waals surface area contributed by atoms with Gasteiger partial charge in [-0.05, 0) is 151 Å². The summed E-state index contributed by atoms with van der Waals surface area (Å²) in [4.78, 5) is 201. The zero-order valence-electron chi connectivity index (χ0n) is 71.5. The first-order valence-electron chi connectivity index (χ1n) is 43.1. The fraction of sp³-hybridized carbons (Fsp3) is 0.619. The monoisotopic (exact) mass is 1760 g/mol. The SMILES string of the molecule is Cc1ccccc1NC(=O)Nc1ccc(CC(=O)N[C@@H](CCCCNC(=O)/C=C/c2cccnc2)C(=O)N[C@@H](CCCC(=O)O)C(=O)NC2(C(=O)NCCOCCOCCNC(=O)CCC(=O)NCCOCCOCCNC(=O)CCC(=O)N[C@@H](CCCCNC(=O)CN3CCCN4CCN(CCCN(CP(=O)(O)O)CC4)CC3)C(N)=O)CCCCC2)cc1. The van der Waals surface area contributed by atoms with Crippen LogP contribution in [0.4, 0.5) is 16.2 Å². The first-order valence-corrected chi connectivity index (χ1v) is 44.9. The largest absolute Gasteiger partial charge is 0.481 e. The van der Waals surface area contributed by atoms with Gasteiger partial charge in [0, 0.05) is 147 Å². The van der Waals surface area contributed by atoms with Gasteiger partial charge in [0.25, 0.3) is 0 Å². The van der Waals surface area contributed by atoms with Crippen LogP contribution >= 0.6 is 7.60 Å². The Morgan fingerprint density at radius 1 is 0.508 bits per heavy atom. The number of aliphatic carboxylic acids is 1. The van der Waals surface area contributed by atoms with E-state index in [4.69, 9.17) is 24.7 Å². The van der Waals surface area contributed by atoms with E-state index in [-0.39, 0.29) is 199 Å². The van der Waals surface area contributed by atoms with Crippen LogP contribution in [-0.4, -0.2) is 311 Å². The number of primary amides is 1. The van der Waals surface area contributed by atoms with Crippen molar-refractivity contribution in [1.29, 1.82) is 0 Å². The number of para-hydroxylation sites is 1.